The molecule has 7 heteroatoms. The highest BCUT2D eigenvalue weighted by molar-refractivity contribution is 5.92. The fourth-order valence-corrected chi connectivity index (χ4v) is 4.88. The van der Waals surface area contributed by atoms with Gasteiger partial charge in [-0.05, 0) is 31.4 Å². The fourth-order valence-electron chi connectivity index (χ4n) is 4.88. The van der Waals surface area contributed by atoms with Crippen LogP contribution in [0.2, 0.25) is 0 Å². The molecule has 4 rings (SSSR count). The Labute approximate surface area is 171 Å². The van der Waals surface area contributed by atoms with Crippen LogP contribution in [-0.4, -0.2) is 64.1 Å². The molecule has 2 unspecified atom stereocenters. The second-order valence-electron chi connectivity index (χ2n) is 8.50. The summed E-state index contributed by atoms with van der Waals surface area (Å²) in [5.41, 5.74) is 8.28. The summed E-state index contributed by atoms with van der Waals surface area (Å²) in [5, 5.41) is 4.37. The first-order valence-electron chi connectivity index (χ1n) is 10.2. The van der Waals surface area contributed by atoms with Gasteiger partial charge >= 0.3 is 0 Å². The van der Waals surface area contributed by atoms with Crippen molar-refractivity contribution in [1.29, 1.82) is 0 Å². The highest BCUT2D eigenvalue weighted by Crippen LogP contribution is 2.46. The lowest BCUT2D eigenvalue weighted by atomic mass is 9.76. The van der Waals surface area contributed by atoms with Crippen molar-refractivity contribution in [2.24, 2.45) is 24.1 Å². The molecule has 0 bridgehead atoms. The van der Waals surface area contributed by atoms with Crippen LogP contribution in [0.25, 0.3) is 0 Å². The summed E-state index contributed by atoms with van der Waals surface area (Å²) in [6, 6.07) is 12.2. The molecule has 2 fully saturated rings. The van der Waals surface area contributed by atoms with Crippen molar-refractivity contribution < 1.29 is 9.59 Å². The maximum atomic E-state index is 13.1. The number of carbonyl (C=O) groups excluding carboxylic acids is 2. The lowest BCUT2D eigenvalue weighted by Gasteiger charge is -2.29. The molecule has 2 saturated heterocycles. The van der Waals surface area contributed by atoms with Crippen molar-refractivity contribution >= 4 is 11.8 Å². The maximum Gasteiger partial charge on any atom is 0.274 e. The summed E-state index contributed by atoms with van der Waals surface area (Å²) < 4.78 is 1.73. The quantitative estimate of drug-likeness (QED) is 0.825. The van der Waals surface area contributed by atoms with E-state index < -0.39 is 0 Å². The van der Waals surface area contributed by atoms with Gasteiger partial charge in [0.15, 0.2) is 5.69 Å². The van der Waals surface area contributed by atoms with Crippen LogP contribution >= 0.6 is 0 Å². The number of hydrogen-bond acceptors (Lipinski definition) is 4. The largest absolute Gasteiger partial charge is 0.341 e. The van der Waals surface area contributed by atoms with Crippen LogP contribution in [0.5, 0.6) is 0 Å². The van der Waals surface area contributed by atoms with E-state index in [2.05, 4.69) is 29.4 Å². The van der Waals surface area contributed by atoms with Crippen LogP contribution < -0.4 is 5.73 Å². The highest BCUT2D eigenvalue weighted by Gasteiger charge is 2.54. The van der Waals surface area contributed by atoms with E-state index in [9.17, 15) is 9.59 Å². The number of carbonyl (C=O) groups is 2. The molecule has 2 aromatic rings. The van der Waals surface area contributed by atoms with Gasteiger partial charge in [0.2, 0.25) is 5.91 Å². The minimum atomic E-state index is -0.0832. The molecule has 0 saturated carbocycles. The topological polar surface area (TPSA) is 84.5 Å². The molecule has 2 atom stereocenters. The van der Waals surface area contributed by atoms with Crippen LogP contribution in [-0.2, 0) is 18.3 Å². The van der Waals surface area contributed by atoms with Crippen LogP contribution in [0.15, 0.2) is 36.4 Å². The summed E-state index contributed by atoms with van der Waals surface area (Å²) in [7, 11) is 1.85. The van der Waals surface area contributed by atoms with Gasteiger partial charge in [0.25, 0.3) is 5.91 Å². The second kappa shape index (κ2) is 7.63. The van der Waals surface area contributed by atoms with Crippen LogP contribution in [0.1, 0.15) is 28.2 Å². The SMILES string of the molecule is Cc1cc(C(=O)N2CC3CN(C(=O)CN)CC3(CCc3ccccc3)C2)nn1C. The predicted molar refractivity (Wildman–Crippen MR) is 110 cm³/mol. The summed E-state index contributed by atoms with van der Waals surface area (Å²) >= 11 is 0. The number of nitrogens with two attached hydrogens (primary N) is 1. The highest BCUT2D eigenvalue weighted by atomic mass is 16.2. The van der Waals surface area contributed by atoms with Crippen molar-refractivity contribution in [3.8, 4) is 0 Å². The first-order valence-corrected chi connectivity index (χ1v) is 10.2. The minimum absolute atomic E-state index is 0.00304. The fraction of sp³-hybridized carbons (Fsp3) is 0.500. The smallest absolute Gasteiger partial charge is 0.274 e. The number of fused-ring (bicyclic) bond motifs is 1. The Kier molecular flexibility index (Phi) is 5.17. The average molecular weight is 396 g/mol. The molecule has 3 heterocycles. The number of benzene rings is 1. The summed E-state index contributed by atoms with van der Waals surface area (Å²) in [4.78, 5) is 29.2. The van der Waals surface area contributed by atoms with Gasteiger partial charge in [-0.15, -0.1) is 0 Å². The standard InChI is InChI=1S/C22H29N5O2/c1-16-10-19(24-25(16)2)21(29)27-13-18-12-26(20(28)11-23)14-22(18,15-27)9-8-17-6-4-3-5-7-17/h3-7,10,18H,8-9,11-15,23H2,1-2H3. The molecule has 1 aromatic carbocycles. The first kappa shape index (κ1) is 19.6. The molecule has 0 spiro atoms. The molecule has 0 radical (unpaired) electrons. The first-order chi connectivity index (χ1) is 13.9. The molecule has 154 valence electrons. The third-order valence-electron chi connectivity index (χ3n) is 6.66. The van der Waals surface area contributed by atoms with E-state index >= 15 is 0 Å². The van der Waals surface area contributed by atoms with E-state index in [1.54, 1.807) is 4.68 Å². The van der Waals surface area contributed by atoms with Gasteiger partial charge < -0.3 is 15.5 Å². The minimum Gasteiger partial charge on any atom is -0.341 e. The van der Waals surface area contributed by atoms with Gasteiger partial charge in [-0.3, -0.25) is 14.3 Å². The number of aryl methyl sites for hydroxylation is 3. The lowest BCUT2D eigenvalue weighted by molar-refractivity contribution is -0.129. The number of amides is 2. The van der Waals surface area contributed by atoms with Crippen molar-refractivity contribution in [2.75, 3.05) is 32.7 Å². The molecule has 2 amide bonds. The van der Waals surface area contributed by atoms with Gasteiger partial charge in [0.1, 0.15) is 0 Å². The number of nitrogens with zero attached hydrogens (tertiary/aromatic N) is 4. The summed E-state index contributed by atoms with van der Waals surface area (Å²) in [6.07, 6.45) is 1.88. The van der Waals surface area contributed by atoms with E-state index in [0.29, 0.717) is 31.9 Å². The summed E-state index contributed by atoms with van der Waals surface area (Å²) in [6.45, 7) is 4.66. The van der Waals surface area contributed by atoms with Gasteiger partial charge in [-0.25, -0.2) is 0 Å². The second-order valence-corrected chi connectivity index (χ2v) is 8.50. The van der Waals surface area contributed by atoms with E-state index in [1.165, 1.54) is 5.56 Å². The Morgan fingerprint density at radius 1 is 1.17 bits per heavy atom. The van der Waals surface area contributed by atoms with Gasteiger partial charge in [0, 0.05) is 50.3 Å². The van der Waals surface area contributed by atoms with Crippen LogP contribution in [0, 0.1) is 18.3 Å². The van der Waals surface area contributed by atoms with Crippen LogP contribution in [0.3, 0.4) is 0 Å². The maximum absolute atomic E-state index is 13.1. The van der Waals surface area contributed by atoms with E-state index in [-0.39, 0.29) is 29.7 Å². The third-order valence-corrected chi connectivity index (χ3v) is 6.66. The van der Waals surface area contributed by atoms with E-state index in [0.717, 1.165) is 18.5 Å². The number of likely N-dealkylation sites (tertiary alicyclic amines) is 2. The average Bonchev–Trinajstić information content (AvgIpc) is 3.36. The van der Waals surface area contributed by atoms with Crippen molar-refractivity contribution in [1.82, 2.24) is 19.6 Å². The molecule has 2 N–H and O–H groups in total. The third kappa shape index (κ3) is 3.67. The Balaban J connectivity index is 1.54. The van der Waals surface area contributed by atoms with E-state index in [4.69, 9.17) is 5.73 Å². The van der Waals surface area contributed by atoms with Gasteiger partial charge in [-0.1, -0.05) is 30.3 Å². The molecule has 1 aromatic heterocycles. The van der Waals surface area contributed by atoms with Crippen molar-refractivity contribution in [2.45, 2.75) is 19.8 Å². The Morgan fingerprint density at radius 3 is 2.52 bits per heavy atom. The molecule has 0 aliphatic carbocycles. The molecular weight excluding hydrogens is 366 g/mol. The van der Waals surface area contributed by atoms with Crippen molar-refractivity contribution in [3.05, 3.63) is 53.3 Å². The summed E-state index contributed by atoms with van der Waals surface area (Å²) in [5.74, 6) is 0.256. The lowest BCUT2D eigenvalue weighted by Crippen LogP contribution is -2.41. The zero-order valence-corrected chi connectivity index (χ0v) is 17.2. The monoisotopic (exact) mass is 395 g/mol. The molecule has 7 nitrogen and oxygen atoms in total. The Hall–Kier alpha value is -2.67. The normalized spacial score (nSPS) is 23.5. The molecule has 29 heavy (non-hydrogen) atoms. The molecule has 2 aliphatic heterocycles. The Morgan fingerprint density at radius 2 is 1.86 bits per heavy atom. The van der Waals surface area contributed by atoms with E-state index in [1.807, 2.05) is 35.9 Å². The van der Waals surface area contributed by atoms with Gasteiger partial charge in [0.05, 0.1) is 6.54 Å². The zero-order valence-electron chi connectivity index (χ0n) is 17.2. The van der Waals surface area contributed by atoms with Gasteiger partial charge in [-0.2, -0.15) is 5.10 Å². The zero-order chi connectivity index (χ0) is 20.6. The number of rotatable bonds is 5. The van der Waals surface area contributed by atoms with Crippen molar-refractivity contribution in [3.63, 3.8) is 0 Å². The van der Waals surface area contributed by atoms with Crippen LogP contribution in [0.4, 0.5) is 0 Å². The molecule has 2 aliphatic rings. The predicted octanol–water partition coefficient (Wildman–Crippen LogP) is 1.22. The molecular formula is C22H29N5O2. The number of hydrogen-bond donors (Lipinski definition) is 1. The number of aromatic nitrogens is 2. The Bertz CT molecular complexity index is 890.